The third-order valence-corrected chi connectivity index (χ3v) is 2.18. The van der Waals surface area contributed by atoms with Gasteiger partial charge >= 0.3 is 0 Å². The second-order valence-electron chi connectivity index (χ2n) is 5.92. The number of ketones is 1. The van der Waals surface area contributed by atoms with Crippen LogP contribution >= 0.6 is 0 Å². The maximum absolute atomic E-state index is 11.6. The maximum atomic E-state index is 11.6. The van der Waals surface area contributed by atoms with Crippen molar-refractivity contribution in [2.75, 3.05) is 0 Å². The molecule has 0 aromatic rings. The van der Waals surface area contributed by atoms with Crippen LogP contribution in [0.2, 0.25) is 0 Å². The normalized spacial score (nSPS) is 13.9. The molecule has 0 atom stereocenters. The highest BCUT2D eigenvalue weighted by Gasteiger charge is 2.18. The number of carbonyl (C=O) groups excluding carboxylic acids is 1. The van der Waals surface area contributed by atoms with Gasteiger partial charge in [0, 0.05) is 11.0 Å². The van der Waals surface area contributed by atoms with Crippen LogP contribution in [0.3, 0.4) is 0 Å². The summed E-state index contributed by atoms with van der Waals surface area (Å²) >= 11 is 0. The standard InChI is InChI=1S/C14H21NO/c1-13(2,3)11(10-15)8-7-9-12(16)14(4,5)6/h7-9H,1-6H3. The number of hydrogen-bond acceptors (Lipinski definition) is 2. The zero-order valence-corrected chi connectivity index (χ0v) is 11.1. The monoisotopic (exact) mass is 219 g/mol. The molecule has 0 aliphatic rings. The fourth-order valence-corrected chi connectivity index (χ4v) is 0.937. The molecular weight excluding hydrogens is 198 g/mol. The fourth-order valence-electron chi connectivity index (χ4n) is 0.937. The summed E-state index contributed by atoms with van der Waals surface area (Å²) in [7, 11) is 0. The van der Waals surface area contributed by atoms with Gasteiger partial charge in [-0.25, -0.2) is 0 Å². The lowest BCUT2D eigenvalue weighted by atomic mass is 9.86. The lowest BCUT2D eigenvalue weighted by molar-refractivity contribution is -0.121. The third-order valence-electron chi connectivity index (χ3n) is 2.18. The smallest absolute Gasteiger partial charge is 0.160 e. The minimum atomic E-state index is -0.362. The summed E-state index contributed by atoms with van der Waals surface area (Å²) in [6, 6.07) is 2.15. The molecule has 0 spiro atoms. The van der Waals surface area contributed by atoms with Crippen molar-refractivity contribution in [2.45, 2.75) is 41.5 Å². The second-order valence-corrected chi connectivity index (χ2v) is 5.92. The molecule has 0 heterocycles. The predicted octanol–water partition coefficient (Wildman–Crippen LogP) is 3.65. The molecule has 0 aromatic heterocycles. The number of rotatable bonds is 2. The molecule has 0 saturated carbocycles. The highest BCUT2D eigenvalue weighted by atomic mass is 16.1. The molecule has 0 unspecified atom stereocenters. The number of carbonyl (C=O) groups is 1. The number of nitriles is 1. The molecule has 2 heteroatoms. The number of allylic oxidation sites excluding steroid dienone is 4. The molecule has 0 bridgehead atoms. The fraction of sp³-hybridized carbons (Fsp3) is 0.571. The number of nitrogens with zero attached hydrogens (tertiary/aromatic N) is 1. The Labute approximate surface area is 98.7 Å². The van der Waals surface area contributed by atoms with Crippen LogP contribution in [0, 0.1) is 22.2 Å². The van der Waals surface area contributed by atoms with Crippen LogP contribution in [-0.2, 0) is 4.79 Å². The summed E-state index contributed by atoms with van der Waals surface area (Å²) < 4.78 is 0. The second kappa shape index (κ2) is 5.12. The Hall–Kier alpha value is -1.36. The van der Waals surface area contributed by atoms with Gasteiger partial charge in [-0.05, 0) is 17.6 Å². The summed E-state index contributed by atoms with van der Waals surface area (Å²) in [6.07, 6.45) is 4.91. The summed E-state index contributed by atoms with van der Waals surface area (Å²) in [4.78, 5) is 11.6. The SMILES string of the molecule is CC(C)(C)C(=O)C=CC=C(C#N)C(C)(C)C. The van der Waals surface area contributed by atoms with E-state index in [0.717, 1.165) is 0 Å². The van der Waals surface area contributed by atoms with Gasteiger partial charge in [-0.2, -0.15) is 5.26 Å². The minimum absolute atomic E-state index is 0.0648. The molecular formula is C14H21NO. The van der Waals surface area contributed by atoms with E-state index >= 15 is 0 Å². The van der Waals surface area contributed by atoms with Crippen molar-refractivity contribution in [3.63, 3.8) is 0 Å². The van der Waals surface area contributed by atoms with Gasteiger partial charge in [0.05, 0.1) is 6.07 Å². The van der Waals surface area contributed by atoms with Crippen LogP contribution in [-0.4, -0.2) is 5.78 Å². The van der Waals surface area contributed by atoms with Crippen molar-refractivity contribution in [1.82, 2.24) is 0 Å². The molecule has 0 radical (unpaired) electrons. The lowest BCUT2D eigenvalue weighted by Crippen LogP contribution is -2.17. The maximum Gasteiger partial charge on any atom is 0.160 e. The molecule has 0 saturated heterocycles. The van der Waals surface area contributed by atoms with Crippen molar-refractivity contribution in [2.24, 2.45) is 10.8 Å². The van der Waals surface area contributed by atoms with Crippen LogP contribution in [0.15, 0.2) is 23.8 Å². The van der Waals surface area contributed by atoms with E-state index in [1.807, 2.05) is 41.5 Å². The first-order chi connectivity index (χ1) is 7.09. The Morgan fingerprint density at radius 2 is 1.56 bits per heavy atom. The highest BCUT2D eigenvalue weighted by Crippen LogP contribution is 2.24. The van der Waals surface area contributed by atoms with Crippen LogP contribution in [0.5, 0.6) is 0 Å². The summed E-state index contributed by atoms with van der Waals surface area (Å²) in [5.41, 5.74) is 0.133. The van der Waals surface area contributed by atoms with E-state index in [1.54, 1.807) is 12.2 Å². The van der Waals surface area contributed by atoms with E-state index < -0.39 is 0 Å². The van der Waals surface area contributed by atoms with Gasteiger partial charge in [0.15, 0.2) is 5.78 Å². The van der Waals surface area contributed by atoms with Gasteiger partial charge in [-0.15, -0.1) is 0 Å². The Morgan fingerprint density at radius 1 is 1.06 bits per heavy atom. The molecule has 16 heavy (non-hydrogen) atoms. The average molecular weight is 219 g/mol. The van der Waals surface area contributed by atoms with Crippen molar-refractivity contribution in [3.8, 4) is 6.07 Å². The van der Waals surface area contributed by atoms with Crippen molar-refractivity contribution >= 4 is 5.78 Å². The predicted molar refractivity (Wildman–Crippen MR) is 66.8 cm³/mol. The first-order valence-corrected chi connectivity index (χ1v) is 5.42. The Kier molecular flexibility index (Phi) is 4.68. The molecule has 2 nitrogen and oxygen atoms in total. The molecule has 0 aromatic carbocycles. The van der Waals surface area contributed by atoms with Crippen LogP contribution in [0.25, 0.3) is 0 Å². The summed E-state index contributed by atoms with van der Waals surface area (Å²) in [5, 5.41) is 8.95. The Morgan fingerprint density at radius 3 is 1.88 bits per heavy atom. The van der Waals surface area contributed by atoms with Gasteiger partial charge in [-0.3, -0.25) is 4.79 Å². The van der Waals surface area contributed by atoms with Gasteiger partial charge in [0.2, 0.25) is 0 Å². The summed E-state index contributed by atoms with van der Waals surface area (Å²) in [6.45, 7) is 11.5. The zero-order chi connectivity index (χ0) is 13.0. The molecule has 0 aliphatic heterocycles. The highest BCUT2D eigenvalue weighted by molar-refractivity contribution is 5.94. The Bertz CT molecular complexity index is 354. The molecule has 88 valence electrons. The summed E-state index contributed by atoms with van der Waals surface area (Å²) in [5.74, 6) is 0.0648. The average Bonchev–Trinajstić information content (AvgIpc) is 2.08. The van der Waals surface area contributed by atoms with Gasteiger partial charge in [0.1, 0.15) is 0 Å². The lowest BCUT2D eigenvalue weighted by Gasteiger charge is -2.16. The molecule has 0 fully saturated rings. The largest absolute Gasteiger partial charge is 0.294 e. The topological polar surface area (TPSA) is 40.9 Å². The first kappa shape index (κ1) is 14.6. The molecule has 0 aliphatic carbocycles. The minimum Gasteiger partial charge on any atom is -0.294 e. The third kappa shape index (κ3) is 4.93. The van der Waals surface area contributed by atoms with Gasteiger partial charge < -0.3 is 0 Å². The van der Waals surface area contributed by atoms with E-state index in [-0.39, 0.29) is 16.6 Å². The Balaban J connectivity index is 4.79. The van der Waals surface area contributed by atoms with Crippen LogP contribution in [0.1, 0.15) is 41.5 Å². The van der Waals surface area contributed by atoms with E-state index in [0.29, 0.717) is 5.57 Å². The molecule has 0 rings (SSSR count). The van der Waals surface area contributed by atoms with E-state index in [1.165, 1.54) is 6.08 Å². The zero-order valence-electron chi connectivity index (χ0n) is 11.1. The van der Waals surface area contributed by atoms with Crippen molar-refractivity contribution < 1.29 is 4.79 Å². The molecule has 0 amide bonds. The van der Waals surface area contributed by atoms with E-state index in [4.69, 9.17) is 5.26 Å². The van der Waals surface area contributed by atoms with Gasteiger partial charge in [0.25, 0.3) is 0 Å². The van der Waals surface area contributed by atoms with Crippen LogP contribution < -0.4 is 0 Å². The van der Waals surface area contributed by atoms with Gasteiger partial charge in [-0.1, -0.05) is 47.6 Å². The number of hydrogen-bond donors (Lipinski definition) is 0. The van der Waals surface area contributed by atoms with E-state index in [9.17, 15) is 4.79 Å². The quantitative estimate of drug-likeness (QED) is 0.404. The van der Waals surface area contributed by atoms with Crippen molar-refractivity contribution in [3.05, 3.63) is 23.8 Å². The van der Waals surface area contributed by atoms with E-state index in [2.05, 4.69) is 6.07 Å². The van der Waals surface area contributed by atoms with Crippen LogP contribution in [0.4, 0.5) is 0 Å². The molecule has 0 N–H and O–H groups in total. The van der Waals surface area contributed by atoms with Crippen molar-refractivity contribution in [1.29, 1.82) is 5.26 Å². The first-order valence-electron chi connectivity index (χ1n) is 5.42.